The number of thioether (sulfide) groups is 1. The summed E-state index contributed by atoms with van der Waals surface area (Å²) in [4.78, 5) is 8.55. The van der Waals surface area contributed by atoms with E-state index in [9.17, 15) is 0 Å². The van der Waals surface area contributed by atoms with E-state index in [4.69, 9.17) is 0 Å². The molecule has 0 saturated carbocycles. The molecule has 0 unspecified atom stereocenters. The molecule has 0 aromatic carbocycles. The Hall–Kier alpha value is -1.36. The second-order valence-electron chi connectivity index (χ2n) is 3.03. The van der Waals surface area contributed by atoms with E-state index in [1.54, 1.807) is 18.0 Å². The maximum Gasteiger partial charge on any atom is 0.208 e. The van der Waals surface area contributed by atoms with Gasteiger partial charge in [-0.3, -0.25) is 10.1 Å². The number of nitrogens with one attached hydrogen (secondary N) is 1. The van der Waals surface area contributed by atoms with E-state index in [1.165, 1.54) is 0 Å². The fourth-order valence-electron chi connectivity index (χ4n) is 1.12. The number of aromatic amines is 1. The molecule has 4 nitrogen and oxygen atoms in total. The maximum absolute atomic E-state index is 4.31. The van der Waals surface area contributed by atoms with Crippen LogP contribution in [0.5, 0.6) is 0 Å². The van der Waals surface area contributed by atoms with Gasteiger partial charge in [-0.15, -0.1) is 5.10 Å². The number of hydrogen-bond acceptors (Lipinski definition) is 4. The highest BCUT2D eigenvalue weighted by atomic mass is 32.2. The van der Waals surface area contributed by atoms with Crippen LogP contribution in [0.3, 0.4) is 0 Å². The van der Waals surface area contributed by atoms with Crippen LogP contribution in [0.1, 0.15) is 18.4 Å². The van der Waals surface area contributed by atoms with Crippen LogP contribution in [-0.2, 0) is 12.2 Å². The predicted octanol–water partition coefficient (Wildman–Crippen LogP) is 2.05. The largest absolute Gasteiger partial charge is 0.262 e. The lowest BCUT2D eigenvalue weighted by atomic mass is 10.4. The summed E-state index contributed by atoms with van der Waals surface area (Å²) in [5.74, 6) is 1.74. The van der Waals surface area contributed by atoms with E-state index in [2.05, 4.69) is 20.2 Å². The van der Waals surface area contributed by atoms with Gasteiger partial charge in [0, 0.05) is 18.4 Å². The topological polar surface area (TPSA) is 54.5 Å². The fraction of sp³-hybridized carbons (Fsp3) is 0.300. The number of aryl methyl sites for hydroxylation is 1. The van der Waals surface area contributed by atoms with Crippen molar-refractivity contribution in [3.8, 4) is 0 Å². The molecule has 0 aliphatic carbocycles. The van der Waals surface area contributed by atoms with Gasteiger partial charge in [-0.2, -0.15) is 0 Å². The van der Waals surface area contributed by atoms with Gasteiger partial charge in [0.2, 0.25) is 5.16 Å². The monoisotopic (exact) mass is 220 g/mol. The van der Waals surface area contributed by atoms with Gasteiger partial charge >= 0.3 is 0 Å². The first-order valence-corrected chi connectivity index (χ1v) is 5.81. The molecule has 0 amide bonds. The zero-order valence-electron chi connectivity index (χ0n) is 8.47. The molecule has 0 radical (unpaired) electrons. The smallest absolute Gasteiger partial charge is 0.208 e. The highest BCUT2D eigenvalue weighted by molar-refractivity contribution is 7.98. The van der Waals surface area contributed by atoms with Gasteiger partial charge in [0.05, 0.1) is 5.69 Å². The number of pyridine rings is 1. The molecule has 0 fully saturated rings. The Kier molecular flexibility index (Phi) is 3.34. The number of hydrogen-bond donors (Lipinski definition) is 1. The first-order chi connectivity index (χ1) is 7.38. The first kappa shape index (κ1) is 10.2. The van der Waals surface area contributed by atoms with Gasteiger partial charge in [-0.05, 0) is 12.1 Å². The van der Waals surface area contributed by atoms with E-state index in [0.29, 0.717) is 0 Å². The average Bonchev–Trinajstić information content (AvgIpc) is 2.76. The van der Waals surface area contributed by atoms with Crippen LogP contribution in [0.25, 0.3) is 0 Å². The molecule has 0 bridgehead atoms. The van der Waals surface area contributed by atoms with Crippen LogP contribution in [0, 0.1) is 0 Å². The summed E-state index contributed by atoms with van der Waals surface area (Å²) in [6.45, 7) is 2.05. The van der Waals surface area contributed by atoms with E-state index in [1.807, 2.05) is 25.1 Å². The Bertz CT molecular complexity index is 412. The Morgan fingerprint density at radius 3 is 3.00 bits per heavy atom. The minimum absolute atomic E-state index is 0.789. The standard InChI is InChI=1S/C10H12N4S/c1-2-9-12-10(14-13-9)15-7-8-5-3-4-6-11-8/h3-6H,2,7H2,1H3,(H,12,13,14). The Balaban J connectivity index is 1.93. The molecule has 78 valence electrons. The summed E-state index contributed by atoms with van der Waals surface area (Å²) < 4.78 is 0. The molecule has 0 aliphatic rings. The van der Waals surface area contributed by atoms with Crippen molar-refractivity contribution in [3.05, 3.63) is 35.9 Å². The Labute approximate surface area is 92.5 Å². The van der Waals surface area contributed by atoms with Gasteiger partial charge in [0.1, 0.15) is 5.82 Å². The number of aromatic nitrogens is 4. The zero-order valence-corrected chi connectivity index (χ0v) is 9.29. The third-order valence-corrected chi connectivity index (χ3v) is 2.80. The molecule has 0 saturated heterocycles. The Morgan fingerprint density at radius 2 is 2.33 bits per heavy atom. The van der Waals surface area contributed by atoms with Crippen molar-refractivity contribution >= 4 is 11.8 Å². The Morgan fingerprint density at radius 1 is 1.40 bits per heavy atom. The zero-order chi connectivity index (χ0) is 10.5. The van der Waals surface area contributed by atoms with E-state index < -0.39 is 0 Å². The van der Waals surface area contributed by atoms with Crippen molar-refractivity contribution < 1.29 is 0 Å². The summed E-state index contributed by atoms with van der Waals surface area (Å²) >= 11 is 1.59. The molecular weight excluding hydrogens is 208 g/mol. The van der Waals surface area contributed by atoms with Crippen LogP contribution in [-0.4, -0.2) is 20.2 Å². The van der Waals surface area contributed by atoms with Crippen molar-refractivity contribution in [1.29, 1.82) is 0 Å². The molecule has 0 atom stereocenters. The van der Waals surface area contributed by atoms with E-state index in [-0.39, 0.29) is 0 Å². The highest BCUT2D eigenvalue weighted by Crippen LogP contribution is 2.17. The minimum atomic E-state index is 0.789. The normalized spacial score (nSPS) is 10.5. The second kappa shape index (κ2) is 4.93. The van der Waals surface area contributed by atoms with Crippen molar-refractivity contribution in [2.75, 3.05) is 0 Å². The van der Waals surface area contributed by atoms with Gasteiger partial charge in [-0.1, -0.05) is 24.8 Å². The fourth-order valence-corrected chi connectivity index (χ4v) is 1.86. The average molecular weight is 220 g/mol. The van der Waals surface area contributed by atoms with Gasteiger partial charge in [-0.25, -0.2) is 4.98 Å². The summed E-state index contributed by atoms with van der Waals surface area (Å²) in [7, 11) is 0. The number of nitrogens with zero attached hydrogens (tertiary/aromatic N) is 3. The summed E-state index contributed by atoms with van der Waals surface area (Å²) in [5, 5.41) is 7.78. The van der Waals surface area contributed by atoms with Gasteiger partial charge in [0.15, 0.2) is 0 Å². The molecular formula is C10H12N4S. The summed E-state index contributed by atoms with van der Waals surface area (Å²) in [6, 6.07) is 5.90. The van der Waals surface area contributed by atoms with Crippen LogP contribution in [0.15, 0.2) is 29.6 Å². The van der Waals surface area contributed by atoms with Crippen molar-refractivity contribution in [2.45, 2.75) is 24.3 Å². The number of rotatable bonds is 4. The molecule has 2 aromatic rings. The highest BCUT2D eigenvalue weighted by Gasteiger charge is 2.02. The van der Waals surface area contributed by atoms with Gasteiger partial charge < -0.3 is 0 Å². The maximum atomic E-state index is 4.31. The van der Waals surface area contributed by atoms with Crippen LogP contribution >= 0.6 is 11.8 Å². The lowest BCUT2D eigenvalue weighted by Crippen LogP contribution is -1.85. The lowest BCUT2D eigenvalue weighted by molar-refractivity contribution is 0.941. The molecule has 0 aliphatic heterocycles. The van der Waals surface area contributed by atoms with Gasteiger partial charge in [0.25, 0.3) is 0 Å². The molecule has 1 N–H and O–H groups in total. The molecule has 5 heteroatoms. The van der Waals surface area contributed by atoms with E-state index >= 15 is 0 Å². The SMILES string of the molecule is CCc1nc(SCc2ccccn2)n[nH]1. The second-order valence-corrected chi connectivity index (χ2v) is 3.97. The summed E-state index contributed by atoms with van der Waals surface area (Å²) in [5.41, 5.74) is 1.05. The molecule has 2 aromatic heterocycles. The third-order valence-electron chi connectivity index (χ3n) is 1.92. The van der Waals surface area contributed by atoms with Crippen LogP contribution < -0.4 is 0 Å². The van der Waals surface area contributed by atoms with Crippen LogP contribution in [0.2, 0.25) is 0 Å². The van der Waals surface area contributed by atoms with Crippen molar-refractivity contribution in [1.82, 2.24) is 20.2 Å². The molecule has 0 spiro atoms. The molecule has 15 heavy (non-hydrogen) atoms. The van der Waals surface area contributed by atoms with Crippen molar-refractivity contribution in [2.24, 2.45) is 0 Å². The lowest BCUT2D eigenvalue weighted by Gasteiger charge is -1.95. The van der Waals surface area contributed by atoms with E-state index in [0.717, 1.165) is 28.8 Å². The molecule has 2 rings (SSSR count). The third kappa shape index (κ3) is 2.79. The van der Waals surface area contributed by atoms with Crippen LogP contribution in [0.4, 0.5) is 0 Å². The first-order valence-electron chi connectivity index (χ1n) is 4.82. The minimum Gasteiger partial charge on any atom is -0.262 e. The van der Waals surface area contributed by atoms with Crippen molar-refractivity contribution in [3.63, 3.8) is 0 Å². The number of H-pyrrole nitrogens is 1. The predicted molar refractivity (Wildman–Crippen MR) is 59.6 cm³/mol. The summed E-state index contributed by atoms with van der Waals surface area (Å²) in [6.07, 6.45) is 2.68. The quantitative estimate of drug-likeness (QED) is 0.801. The molecule has 2 heterocycles.